The quantitative estimate of drug-likeness (QED) is 0.0322. The van der Waals surface area contributed by atoms with E-state index in [0.29, 0.717) is 11.1 Å². The number of carbonyl (C=O) groups is 6. The molecule has 0 spiro atoms. The topological polar surface area (TPSA) is 158 Å². The van der Waals surface area contributed by atoms with E-state index >= 15 is 0 Å². The molecule has 0 N–H and O–H groups in total. The third-order valence-electron chi connectivity index (χ3n) is 9.54. The van der Waals surface area contributed by atoms with Crippen LogP contribution in [-0.4, -0.2) is 49.7 Å². The van der Waals surface area contributed by atoms with E-state index < -0.39 is 53.7 Å². The predicted molar refractivity (Wildman–Crippen MR) is 228 cm³/mol. The van der Waals surface area contributed by atoms with Gasteiger partial charge >= 0.3 is 23.9 Å². The van der Waals surface area contributed by atoms with Crippen molar-refractivity contribution >= 4 is 47.6 Å². The Bertz CT molecular complexity index is 2030. The van der Waals surface area contributed by atoms with Crippen LogP contribution in [0.4, 0.5) is 0 Å². The monoisotopic (exact) mass is 832 g/mol. The van der Waals surface area contributed by atoms with E-state index in [4.69, 9.17) is 28.4 Å². The maximum absolute atomic E-state index is 13.2. The average molecular weight is 833 g/mol. The molecular weight excluding hydrogens is 781 g/mol. The lowest BCUT2D eigenvalue weighted by Gasteiger charge is -2.19. The molecule has 0 saturated carbocycles. The number of rotatable bonds is 22. The molecule has 0 aliphatic carbocycles. The maximum atomic E-state index is 13.2. The van der Waals surface area contributed by atoms with Crippen molar-refractivity contribution in [2.24, 2.45) is 23.7 Å². The Kier molecular flexibility index (Phi) is 18.2. The van der Waals surface area contributed by atoms with Gasteiger partial charge in [-0.3, -0.25) is 28.8 Å². The van der Waals surface area contributed by atoms with Gasteiger partial charge in [0.15, 0.2) is 34.6 Å². The third-order valence-corrected chi connectivity index (χ3v) is 9.54. The summed E-state index contributed by atoms with van der Waals surface area (Å²) in [5.74, 6) is -4.39. The Hall–Kier alpha value is -6.82. The van der Waals surface area contributed by atoms with Crippen LogP contribution in [0, 0.1) is 23.7 Å². The van der Waals surface area contributed by atoms with Crippen molar-refractivity contribution in [2.75, 3.05) is 14.2 Å². The molecule has 61 heavy (non-hydrogen) atoms. The number of esters is 4. The first-order valence-corrected chi connectivity index (χ1v) is 19.9. The summed E-state index contributed by atoms with van der Waals surface area (Å²) >= 11 is 0. The van der Waals surface area contributed by atoms with E-state index in [1.54, 1.807) is 24.3 Å². The summed E-state index contributed by atoms with van der Waals surface area (Å²) in [5.41, 5.74) is 2.77. The van der Waals surface area contributed by atoms with Crippen LogP contribution in [-0.2, 0) is 51.5 Å². The third kappa shape index (κ3) is 15.4. The standard InChI is InChI=1S/C49H52O12/c1-32(2)40(28-46(52)58-30-36-13-9-7-10-14-36)48(54)60-42-23-19-34(25-44(42)56-5)17-21-38(50)27-39(51)22-18-35-20-24-43(45(26-35)57-6)61-49(55)41(33(3)4)29-47(53)59-31-37-15-11-8-12-16-37/h7-26,32-33,40-41H,27-31H2,1-6H3/b21-17+,22-18+/t40-,41-/m0/s1. The largest absolute Gasteiger partial charge is 0.493 e. The summed E-state index contributed by atoms with van der Waals surface area (Å²) in [4.78, 5) is 76.9. The zero-order chi connectivity index (χ0) is 44.3. The van der Waals surface area contributed by atoms with Crippen LogP contribution < -0.4 is 18.9 Å². The second kappa shape index (κ2) is 23.7. The van der Waals surface area contributed by atoms with Gasteiger partial charge in [-0.15, -0.1) is 0 Å². The lowest BCUT2D eigenvalue weighted by atomic mass is 9.92. The number of benzene rings is 4. The molecule has 2 atom stereocenters. The molecule has 0 unspecified atom stereocenters. The highest BCUT2D eigenvalue weighted by molar-refractivity contribution is 6.11. The number of hydrogen-bond donors (Lipinski definition) is 0. The molecule has 12 nitrogen and oxygen atoms in total. The first kappa shape index (κ1) is 46.9. The summed E-state index contributed by atoms with van der Waals surface area (Å²) < 4.78 is 32.9. The molecule has 0 heterocycles. The van der Waals surface area contributed by atoms with Crippen molar-refractivity contribution in [3.63, 3.8) is 0 Å². The van der Waals surface area contributed by atoms with Crippen molar-refractivity contribution in [1.29, 1.82) is 0 Å². The smallest absolute Gasteiger partial charge is 0.315 e. The molecule has 12 heteroatoms. The Morgan fingerprint density at radius 2 is 0.885 bits per heavy atom. The van der Waals surface area contributed by atoms with Gasteiger partial charge in [-0.2, -0.15) is 0 Å². The zero-order valence-electron chi connectivity index (χ0n) is 35.3. The van der Waals surface area contributed by atoms with Gasteiger partial charge in [0, 0.05) is 0 Å². The zero-order valence-corrected chi connectivity index (χ0v) is 35.3. The molecule has 0 amide bonds. The highest BCUT2D eigenvalue weighted by atomic mass is 16.6. The Morgan fingerprint density at radius 3 is 1.23 bits per heavy atom. The van der Waals surface area contributed by atoms with Gasteiger partial charge in [0.2, 0.25) is 0 Å². The van der Waals surface area contributed by atoms with Crippen LogP contribution in [0.15, 0.2) is 109 Å². The lowest BCUT2D eigenvalue weighted by Crippen LogP contribution is -2.28. The number of ketones is 2. The highest BCUT2D eigenvalue weighted by Gasteiger charge is 2.30. The molecule has 4 aromatic rings. The molecule has 0 radical (unpaired) electrons. The molecule has 4 aromatic carbocycles. The normalized spacial score (nSPS) is 12.2. The fourth-order valence-electron chi connectivity index (χ4n) is 5.92. The maximum Gasteiger partial charge on any atom is 0.315 e. The Morgan fingerprint density at radius 1 is 0.508 bits per heavy atom. The number of hydrogen-bond acceptors (Lipinski definition) is 12. The van der Waals surface area contributed by atoms with E-state index in [2.05, 4.69) is 0 Å². The van der Waals surface area contributed by atoms with Crippen LogP contribution in [0.25, 0.3) is 12.2 Å². The summed E-state index contributed by atoms with van der Waals surface area (Å²) in [6.45, 7) is 7.46. The SMILES string of the molecule is COc1cc(/C=C/C(=O)CC(=O)/C=C/c2ccc(OC(=O)[C@@H](CC(=O)OCc3ccccc3)C(C)C)c(OC)c2)ccc1OC(=O)[C@@H](CC(=O)OCc1ccccc1)C(C)C. The molecule has 0 aliphatic rings. The van der Waals surface area contributed by atoms with Gasteiger partial charge in [-0.25, -0.2) is 0 Å². The van der Waals surface area contributed by atoms with Crippen molar-refractivity contribution < 1.29 is 57.2 Å². The molecular formula is C49H52O12. The lowest BCUT2D eigenvalue weighted by molar-refractivity contribution is -0.152. The van der Waals surface area contributed by atoms with E-state index in [1.165, 1.54) is 50.7 Å². The predicted octanol–water partition coefficient (Wildman–Crippen LogP) is 8.58. The van der Waals surface area contributed by atoms with Crippen LogP contribution in [0.1, 0.15) is 69.2 Å². The van der Waals surface area contributed by atoms with Crippen LogP contribution in [0.2, 0.25) is 0 Å². The van der Waals surface area contributed by atoms with E-state index in [-0.39, 0.29) is 60.9 Å². The fourth-order valence-corrected chi connectivity index (χ4v) is 5.92. The Balaban J connectivity index is 1.29. The van der Waals surface area contributed by atoms with Gasteiger partial charge in [0.25, 0.3) is 0 Å². The number of ether oxygens (including phenoxy) is 6. The molecule has 320 valence electrons. The minimum Gasteiger partial charge on any atom is -0.493 e. The first-order chi connectivity index (χ1) is 29.3. The van der Waals surface area contributed by atoms with Gasteiger partial charge in [-0.1, -0.05) is 113 Å². The Labute approximate surface area is 356 Å². The molecule has 0 bridgehead atoms. The van der Waals surface area contributed by atoms with Crippen LogP contribution in [0.5, 0.6) is 23.0 Å². The molecule has 0 aromatic heterocycles. The molecule has 4 rings (SSSR count). The van der Waals surface area contributed by atoms with Gasteiger partial charge < -0.3 is 28.4 Å². The summed E-state index contributed by atoms with van der Waals surface area (Å²) in [6.07, 6.45) is 4.84. The van der Waals surface area contributed by atoms with Crippen molar-refractivity contribution in [3.05, 3.63) is 131 Å². The summed E-state index contributed by atoms with van der Waals surface area (Å²) in [7, 11) is 2.81. The fraction of sp³-hybridized carbons (Fsp3) is 0.306. The second-order valence-electron chi connectivity index (χ2n) is 14.8. The molecule has 0 saturated heterocycles. The van der Waals surface area contributed by atoms with Gasteiger partial charge in [0.1, 0.15) is 13.2 Å². The summed E-state index contributed by atoms with van der Waals surface area (Å²) in [5, 5.41) is 0. The minimum atomic E-state index is -0.762. The molecule has 0 aliphatic heterocycles. The van der Waals surface area contributed by atoms with E-state index in [1.807, 2.05) is 88.4 Å². The first-order valence-electron chi connectivity index (χ1n) is 19.9. The van der Waals surface area contributed by atoms with Gasteiger partial charge in [0.05, 0.1) is 45.3 Å². The number of carbonyl (C=O) groups excluding carboxylic acids is 6. The summed E-state index contributed by atoms with van der Waals surface area (Å²) in [6, 6.07) is 27.9. The highest BCUT2D eigenvalue weighted by Crippen LogP contribution is 2.32. The number of methoxy groups -OCH3 is 2. The van der Waals surface area contributed by atoms with Gasteiger partial charge in [-0.05, 0) is 70.5 Å². The minimum absolute atomic E-state index is 0.0985. The van der Waals surface area contributed by atoms with E-state index in [0.717, 1.165) is 11.1 Å². The van der Waals surface area contributed by atoms with Crippen molar-refractivity contribution in [2.45, 2.75) is 60.2 Å². The van der Waals surface area contributed by atoms with E-state index in [9.17, 15) is 28.8 Å². The molecule has 0 fully saturated rings. The van der Waals surface area contributed by atoms with Crippen molar-refractivity contribution in [3.8, 4) is 23.0 Å². The van der Waals surface area contributed by atoms with Crippen LogP contribution in [0.3, 0.4) is 0 Å². The number of allylic oxidation sites excluding steroid dienone is 2. The van der Waals surface area contributed by atoms with Crippen LogP contribution >= 0.6 is 0 Å². The average Bonchev–Trinajstić information content (AvgIpc) is 3.25. The second-order valence-corrected chi connectivity index (χ2v) is 14.8. The van der Waals surface area contributed by atoms with Crippen molar-refractivity contribution in [1.82, 2.24) is 0 Å².